The molecule has 1 atom stereocenters. The summed E-state index contributed by atoms with van der Waals surface area (Å²) in [5.41, 5.74) is 14.5. The number of fused-ring (bicyclic) bond motifs is 15. The zero-order chi connectivity index (χ0) is 38.7. The van der Waals surface area contributed by atoms with E-state index in [2.05, 4.69) is 226 Å². The van der Waals surface area contributed by atoms with Crippen LogP contribution in [0, 0.1) is 0 Å². The van der Waals surface area contributed by atoms with E-state index in [1.54, 1.807) is 0 Å². The predicted molar refractivity (Wildman–Crippen MR) is 242 cm³/mol. The third-order valence-corrected chi connectivity index (χ3v) is 12.7. The first-order valence-corrected chi connectivity index (χ1v) is 20.3. The van der Waals surface area contributed by atoms with E-state index in [1.165, 1.54) is 38.6 Å². The molecule has 4 nitrogen and oxygen atoms in total. The van der Waals surface area contributed by atoms with Crippen molar-refractivity contribution in [1.82, 2.24) is 9.13 Å². The lowest BCUT2D eigenvalue weighted by Crippen LogP contribution is -2.37. The molecule has 2 aliphatic rings. The van der Waals surface area contributed by atoms with Gasteiger partial charge in [0, 0.05) is 50.0 Å². The quantitative estimate of drug-likeness (QED) is 0.179. The fourth-order valence-electron chi connectivity index (χ4n) is 10.5. The number of nitrogens with zero attached hydrogens (tertiary/aromatic N) is 3. The Kier molecular flexibility index (Phi) is 6.62. The maximum Gasteiger partial charge on any atom is 0.142 e. The Morgan fingerprint density at radius 2 is 0.949 bits per heavy atom. The summed E-state index contributed by atoms with van der Waals surface area (Å²) in [6.07, 6.45) is 0. The van der Waals surface area contributed by atoms with E-state index in [0.717, 1.165) is 67.2 Å². The number of para-hydroxylation sites is 7. The Morgan fingerprint density at radius 3 is 1.71 bits per heavy atom. The summed E-state index contributed by atoms with van der Waals surface area (Å²) in [6.45, 7) is 0. The molecule has 2 aromatic heterocycles. The van der Waals surface area contributed by atoms with Crippen LogP contribution in [0.2, 0.25) is 0 Å². The molecule has 1 spiro atoms. The van der Waals surface area contributed by atoms with Gasteiger partial charge in [0.2, 0.25) is 0 Å². The molecule has 4 heteroatoms. The molecule has 9 aromatic carbocycles. The molecule has 0 saturated carbocycles. The average molecular weight is 754 g/mol. The molecule has 0 amide bonds. The fourth-order valence-corrected chi connectivity index (χ4v) is 10.5. The van der Waals surface area contributed by atoms with E-state index in [9.17, 15) is 0 Å². The van der Waals surface area contributed by atoms with Crippen LogP contribution in [-0.4, -0.2) is 9.13 Å². The largest absolute Gasteiger partial charge is 0.456 e. The van der Waals surface area contributed by atoms with Crippen molar-refractivity contribution >= 4 is 60.7 Å². The molecule has 0 N–H and O–H groups in total. The van der Waals surface area contributed by atoms with Crippen LogP contribution >= 0.6 is 0 Å². The van der Waals surface area contributed by atoms with E-state index >= 15 is 0 Å². The second-order valence-electron chi connectivity index (χ2n) is 15.6. The minimum atomic E-state index is -0.637. The molecule has 59 heavy (non-hydrogen) atoms. The maximum absolute atomic E-state index is 7.26. The van der Waals surface area contributed by atoms with Crippen LogP contribution in [0.1, 0.15) is 22.3 Å². The number of ether oxygens (including phenoxy) is 1. The van der Waals surface area contributed by atoms with E-state index in [4.69, 9.17) is 4.74 Å². The molecule has 0 bridgehead atoms. The van der Waals surface area contributed by atoms with E-state index < -0.39 is 5.41 Å². The van der Waals surface area contributed by atoms with Crippen molar-refractivity contribution in [3.8, 4) is 22.9 Å². The standard InChI is InChI=1S/C55H35N3O/c1-3-16-36(17-4-1)56(37-18-5-2-6-19-37)38-30-32-39(33-31-38)57-48-27-12-8-21-42(48)52-50(57)35-34-46-54(52)59-51-29-14-10-24-44(51)55(46)43-23-9-13-28-49(43)58-47-26-11-7-20-40(47)41-22-15-25-45(55)53(41)58/h1-35H. The van der Waals surface area contributed by atoms with E-state index in [0.29, 0.717) is 0 Å². The number of aromatic nitrogens is 2. The zero-order valence-corrected chi connectivity index (χ0v) is 32.0. The van der Waals surface area contributed by atoms with E-state index in [1.807, 2.05) is 0 Å². The molecule has 4 heterocycles. The SMILES string of the molecule is c1ccc(N(c2ccccc2)c2ccc(-n3c4ccccc4c4c5c(ccc43)C3(c4ccccc4O5)c4ccccc4-n4c5ccccc5c5cccc3c54)cc2)cc1. The summed E-state index contributed by atoms with van der Waals surface area (Å²) >= 11 is 0. The molecule has 13 rings (SSSR count). The van der Waals surface area contributed by atoms with Crippen molar-refractivity contribution in [3.63, 3.8) is 0 Å². The van der Waals surface area contributed by atoms with Crippen LogP contribution in [0.3, 0.4) is 0 Å². The summed E-state index contributed by atoms with van der Waals surface area (Å²) in [5.74, 6) is 1.79. The topological polar surface area (TPSA) is 22.3 Å². The van der Waals surface area contributed by atoms with Gasteiger partial charge >= 0.3 is 0 Å². The van der Waals surface area contributed by atoms with Gasteiger partial charge in [0.1, 0.15) is 11.5 Å². The second kappa shape index (κ2) is 12.1. The number of benzene rings is 9. The lowest BCUT2D eigenvalue weighted by molar-refractivity contribution is 0.439. The predicted octanol–water partition coefficient (Wildman–Crippen LogP) is 14.2. The van der Waals surface area contributed by atoms with Crippen LogP contribution in [0.5, 0.6) is 11.5 Å². The van der Waals surface area contributed by atoms with Crippen LogP contribution in [0.4, 0.5) is 17.1 Å². The highest BCUT2D eigenvalue weighted by Gasteiger charge is 2.50. The monoisotopic (exact) mass is 753 g/mol. The van der Waals surface area contributed by atoms with Gasteiger partial charge in [0.05, 0.1) is 38.6 Å². The Bertz CT molecular complexity index is 3430. The van der Waals surface area contributed by atoms with Gasteiger partial charge in [0.15, 0.2) is 0 Å². The molecular formula is C55H35N3O. The molecule has 0 fully saturated rings. The van der Waals surface area contributed by atoms with Crippen molar-refractivity contribution in [3.05, 3.63) is 235 Å². The summed E-state index contributed by atoms with van der Waals surface area (Å²) in [5, 5.41) is 4.79. The van der Waals surface area contributed by atoms with Gasteiger partial charge in [-0.25, -0.2) is 0 Å². The Labute approximate surface area is 341 Å². The minimum Gasteiger partial charge on any atom is -0.456 e. The van der Waals surface area contributed by atoms with E-state index in [-0.39, 0.29) is 0 Å². The third-order valence-electron chi connectivity index (χ3n) is 12.7. The summed E-state index contributed by atoms with van der Waals surface area (Å²) in [6, 6.07) is 76.9. The van der Waals surface area contributed by atoms with Crippen molar-refractivity contribution in [2.75, 3.05) is 4.90 Å². The Hall–Kier alpha value is -7.82. The highest BCUT2D eigenvalue weighted by atomic mass is 16.5. The van der Waals surface area contributed by atoms with Gasteiger partial charge in [0.25, 0.3) is 0 Å². The first kappa shape index (κ1) is 32.3. The second-order valence-corrected chi connectivity index (χ2v) is 15.6. The van der Waals surface area contributed by atoms with Gasteiger partial charge in [-0.2, -0.15) is 0 Å². The van der Waals surface area contributed by atoms with Gasteiger partial charge in [-0.3, -0.25) is 0 Å². The summed E-state index contributed by atoms with van der Waals surface area (Å²) in [4.78, 5) is 2.30. The van der Waals surface area contributed by atoms with Gasteiger partial charge in [-0.1, -0.05) is 133 Å². The summed E-state index contributed by atoms with van der Waals surface area (Å²) < 4.78 is 12.1. The third kappa shape index (κ3) is 4.27. The first-order valence-electron chi connectivity index (χ1n) is 20.3. The Morgan fingerprint density at radius 1 is 0.373 bits per heavy atom. The fraction of sp³-hybridized carbons (Fsp3) is 0.0182. The van der Waals surface area contributed by atoms with Crippen LogP contribution in [-0.2, 0) is 5.41 Å². The zero-order valence-electron chi connectivity index (χ0n) is 32.0. The van der Waals surface area contributed by atoms with Crippen molar-refractivity contribution in [2.45, 2.75) is 5.41 Å². The lowest BCUT2D eigenvalue weighted by Gasteiger charge is -2.45. The minimum absolute atomic E-state index is 0.637. The number of rotatable bonds is 4. The molecule has 2 aliphatic heterocycles. The molecule has 1 unspecified atom stereocenters. The Balaban J connectivity index is 1.08. The average Bonchev–Trinajstić information content (AvgIpc) is 3.83. The molecular weight excluding hydrogens is 719 g/mol. The maximum atomic E-state index is 7.26. The number of hydrogen-bond acceptors (Lipinski definition) is 2. The van der Waals surface area contributed by atoms with Gasteiger partial charge in [-0.15, -0.1) is 0 Å². The van der Waals surface area contributed by atoms with Crippen molar-refractivity contribution in [1.29, 1.82) is 0 Å². The molecule has 0 saturated heterocycles. The summed E-state index contributed by atoms with van der Waals surface area (Å²) in [7, 11) is 0. The number of anilines is 3. The van der Waals surface area contributed by atoms with Crippen molar-refractivity contribution in [2.24, 2.45) is 0 Å². The highest BCUT2D eigenvalue weighted by Crippen LogP contribution is 2.62. The smallest absolute Gasteiger partial charge is 0.142 e. The van der Waals surface area contributed by atoms with Crippen LogP contribution in [0.25, 0.3) is 55.0 Å². The van der Waals surface area contributed by atoms with Gasteiger partial charge < -0.3 is 18.8 Å². The van der Waals surface area contributed by atoms with Crippen LogP contribution in [0.15, 0.2) is 212 Å². The normalized spacial score (nSPS) is 15.0. The van der Waals surface area contributed by atoms with Crippen molar-refractivity contribution < 1.29 is 4.74 Å². The molecule has 0 aliphatic carbocycles. The lowest BCUT2D eigenvalue weighted by atomic mass is 9.61. The molecule has 0 radical (unpaired) electrons. The van der Waals surface area contributed by atoms with Crippen LogP contribution < -0.4 is 9.64 Å². The van der Waals surface area contributed by atoms with Gasteiger partial charge in [-0.05, 0) is 90.0 Å². The highest BCUT2D eigenvalue weighted by molar-refractivity contribution is 6.15. The first-order chi connectivity index (χ1) is 29.3. The molecule has 11 aromatic rings. The number of hydrogen-bond donors (Lipinski definition) is 0. The molecule has 276 valence electrons.